The van der Waals surface area contributed by atoms with Gasteiger partial charge in [0.15, 0.2) is 6.10 Å². The number of nitrogens with zero attached hydrogens (tertiary/aromatic N) is 3. The van der Waals surface area contributed by atoms with Crippen LogP contribution >= 0.6 is 27.5 Å². The maximum atomic E-state index is 12.4. The second-order valence-electron chi connectivity index (χ2n) is 5.91. The van der Waals surface area contributed by atoms with Crippen molar-refractivity contribution in [1.82, 2.24) is 20.1 Å². The van der Waals surface area contributed by atoms with Gasteiger partial charge in [0.05, 0.1) is 11.0 Å². The van der Waals surface area contributed by atoms with Crippen molar-refractivity contribution in [2.24, 2.45) is 0 Å². The van der Waals surface area contributed by atoms with Crippen LogP contribution in [0.1, 0.15) is 18.1 Å². The topological polar surface area (TPSA) is 69.0 Å². The van der Waals surface area contributed by atoms with Crippen LogP contribution in [-0.4, -0.2) is 26.8 Å². The number of halogens is 2. The third-order valence-corrected chi connectivity index (χ3v) is 4.79. The average Bonchev–Trinajstić information content (AvgIpc) is 3.16. The van der Waals surface area contributed by atoms with Crippen molar-refractivity contribution in [2.45, 2.75) is 26.1 Å². The van der Waals surface area contributed by atoms with Crippen molar-refractivity contribution in [1.29, 1.82) is 0 Å². The van der Waals surface area contributed by atoms with E-state index in [0.29, 0.717) is 28.3 Å². The maximum absolute atomic E-state index is 12.4. The molecule has 2 aromatic carbocycles. The molecule has 0 aliphatic heterocycles. The molecule has 140 valence electrons. The second kappa shape index (κ2) is 9.01. The van der Waals surface area contributed by atoms with E-state index in [4.69, 9.17) is 16.3 Å². The Morgan fingerprint density at radius 3 is 2.78 bits per heavy atom. The minimum Gasteiger partial charge on any atom is -0.480 e. The highest BCUT2D eigenvalue weighted by atomic mass is 79.9. The number of carbonyl (C=O) groups is 1. The lowest BCUT2D eigenvalue weighted by Crippen LogP contribution is -2.36. The van der Waals surface area contributed by atoms with Crippen molar-refractivity contribution in [3.8, 4) is 5.75 Å². The average molecular weight is 450 g/mol. The molecule has 0 aliphatic carbocycles. The summed E-state index contributed by atoms with van der Waals surface area (Å²) in [6.07, 6.45) is 2.51. The fraction of sp³-hybridized carbons (Fsp3) is 0.211. The summed E-state index contributed by atoms with van der Waals surface area (Å²) in [4.78, 5) is 16.4. The van der Waals surface area contributed by atoms with Crippen LogP contribution in [0.3, 0.4) is 0 Å². The first-order valence-corrected chi connectivity index (χ1v) is 9.48. The van der Waals surface area contributed by atoms with Gasteiger partial charge in [0.2, 0.25) is 0 Å². The predicted octanol–water partition coefficient (Wildman–Crippen LogP) is 3.83. The summed E-state index contributed by atoms with van der Waals surface area (Å²) in [7, 11) is 0. The smallest absolute Gasteiger partial charge is 0.261 e. The molecular weight excluding hydrogens is 432 g/mol. The Hall–Kier alpha value is -2.38. The number of nitrogens with one attached hydrogen (secondary N) is 1. The van der Waals surface area contributed by atoms with Gasteiger partial charge in [-0.05, 0) is 52.2 Å². The van der Waals surface area contributed by atoms with E-state index < -0.39 is 6.10 Å². The third-order valence-electron chi connectivity index (χ3n) is 3.94. The van der Waals surface area contributed by atoms with Crippen molar-refractivity contribution < 1.29 is 9.53 Å². The van der Waals surface area contributed by atoms with E-state index in [1.165, 1.54) is 6.33 Å². The first-order valence-electron chi connectivity index (χ1n) is 8.31. The Bertz CT molecular complexity index is 918. The van der Waals surface area contributed by atoms with Gasteiger partial charge < -0.3 is 10.1 Å². The Morgan fingerprint density at radius 2 is 2.07 bits per heavy atom. The van der Waals surface area contributed by atoms with Crippen LogP contribution in [0.5, 0.6) is 5.75 Å². The molecular formula is C19H18BrClN4O2. The molecule has 8 heteroatoms. The van der Waals surface area contributed by atoms with Gasteiger partial charge in [0.1, 0.15) is 18.4 Å². The zero-order valence-corrected chi connectivity index (χ0v) is 16.9. The molecule has 3 aromatic rings. The summed E-state index contributed by atoms with van der Waals surface area (Å²) in [6.45, 7) is 2.70. The van der Waals surface area contributed by atoms with Crippen molar-refractivity contribution in [2.75, 3.05) is 0 Å². The summed E-state index contributed by atoms with van der Waals surface area (Å²) in [5.74, 6) is 0.362. The molecule has 0 spiro atoms. The number of hydrogen-bond donors (Lipinski definition) is 1. The largest absolute Gasteiger partial charge is 0.480 e. The summed E-state index contributed by atoms with van der Waals surface area (Å²) in [6, 6.07) is 13.1. The number of hydrogen-bond acceptors (Lipinski definition) is 4. The second-order valence-corrected chi connectivity index (χ2v) is 7.21. The molecule has 27 heavy (non-hydrogen) atoms. The first kappa shape index (κ1) is 19.4. The van der Waals surface area contributed by atoms with E-state index in [1.54, 1.807) is 36.1 Å². The van der Waals surface area contributed by atoms with Crippen LogP contribution in [0, 0.1) is 0 Å². The Balaban J connectivity index is 1.60. The summed E-state index contributed by atoms with van der Waals surface area (Å²) in [5, 5.41) is 7.63. The van der Waals surface area contributed by atoms with Gasteiger partial charge in [-0.15, -0.1) is 0 Å². The fourth-order valence-electron chi connectivity index (χ4n) is 2.51. The lowest BCUT2D eigenvalue weighted by molar-refractivity contribution is -0.127. The number of amides is 1. The molecule has 0 bridgehead atoms. The highest BCUT2D eigenvalue weighted by Crippen LogP contribution is 2.28. The quantitative estimate of drug-likeness (QED) is 0.595. The lowest BCUT2D eigenvalue weighted by atomic mass is 10.1. The number of aromatic nitrogens is 3. The van der Waals surface area contributed by atoms with Crippen molar-refractivity contribution >= 4 is 33.4 Å². The van der Waals surface area contributed by atoms with Crippen LogP contribution in [0.2, 0.25) is 5.02 Å². The summed E-state index contributed by atoms with van der Waals surface area (Å²) < 4.78 is 8.17. The van der Waals surface area contributed by atoms with E-state index in [-0.39, 0.29) is 5.91 Å². The molecule has 0 aliphatic rings. The molecule has 1 unspecified atom stereocenters. The Labute approximate surface area is 170 Å². The van der Waals surface area contributed by atoms with Gasteiger partial charge in [0, 0.05) is 11.6 Å². The van der Waals surface area contributed by atoms with E-state index in [1.807, 2.05) is 24.3 Å². The van der Waals surface area contributed by atoms with Gasteiger partial charge in [-0.3, -0.25) is 4.79 Å². The van der Waals surface area contributed by atoms with Gasteiger partial charge in [0.25, 0.3) is 5.91 Å². The summed E-state index contributed by atoms with van der Waals surface area (Å²) in [5.41, 5.74) is 2.08. The van der Waals surface area contributed by atoms with Crippen LogP contribution in [0.25, 0.3) is 0 Å². The van der Waals surface area contributed by atoms with Crippen LogP contribution in [0.4, 0.5) is 0 Å². The van der Waals surface area contributed by atoms with Gasteiger partial charge >= 0.3 is 0 Å². The van der Waals surface area contributed by atoms with Crippen LogP contribution in [-0.2, 0) is 17.9 Å². The Kier molecular flexibility index (Phi) is 6.47. The molecule has 1 atom stereocenters. The molecule has 1 aromatic heterocycles. The van der Waals surface area contributed by atoms with E-state index in [2.05, 4.69) is 31.3 Å². The fourth-order valence-corrected chi connectivity index (χ4v) is 3.29. The molecule has 0 saturated carbocycles. The molecule has 6 nitrogen and oxygen atoms in total. The number of ether oxygens (including phenoxy) is 1. The minimum absolute atomic E-state index is 0.201. The lowest BCUT2D eigenvalue weighted by Gasteiger charge is -2.17. The van der Waals surface area contributed by atoms with Crippen LogP contribution < -0.4 is 10.1 Å². The summed E-state index contributed by atoms with van der Waals surface area (Å²) >= 11 is 9.31. The van der Waals surface area contributed by atoms with Gasteiger partial charge in [-0.1, -0.05) is 35.9 Å². The zero-order valence-electron chi connectivity index (χ0n) is 14.6. The molecule has 0 saturated heterocycles. The maximum Gasteiger partial charge on any atom is 0.261 e. The molecule has 0 fully saturated rings. The predicted molar refractivity (Wildman–Crippen MR) is 107 cm³/mol. The minimum atomic E-state index is -0.648. The number of benzene rings is 2. The zero-order chi connectivity index (χ0) is 19.2. The Morgan fingerprint density at radius 1 is 1.30 bits per heavy atom. The van der Waals surface area contributed by atoms with E-state index in [9.17, 15) is 4.79 Å². The first-order chi connectivity index (χ1) is 13.0. The van der Waals surface area contributed by atoms with E-state index in [0.717, 1.165) is 11.1 Å². The normalized spacial score (nSPS) is 11.8. The number of carbonyl (C=O) groups excluding carboxylic acids is 1. The van der Waals surface area contributed by atoms with Crippen molar-refractivity contribution in [3.63, 3.8) is 0 Å². The monoisotopic (exact) mass is 448 g/mol. The third kappa shape index (κ3) is 5.30. The highest BCUT2D eigenvalue weighted by molar-refractivity contribution is 9.10. The van der Waals surface area contributed by atoms with E-state index >= 15 is 0 Å². The standard InChI is InChI=1S/C19H18BrClN4O2/c1-13(27-18-7-6-16(21)8-17(18)20)19(26)23-9-14-4-2-3-5-15(14)10-25-12-22-11-24-25/h2-8,11-13H,9-10H2,1H3,(H,23,26). The molecule has 1 N–H and O–H groups in total. The molecule has 3 rings (SSSR count). The van der Waals surface area contributed by atoms with Gasteiger partial charge in [-0.25, -0.2) is 9.67 Å². The number of rotatable bonds is 7. The molecule has 0 radical (unpaired) electrons. The van der Waals surface area contributed by atoms with Crippen molar-refractivity contribution in [3.05, 3.63) is 75.7 Å². The molecule has 1 heterocycles. The van der Waals surface area contributed by atoms with Gasteiger partial charge in [-0.2, -0.15) is 5.10 Å². The SMILES string of the molecule is CC(Oc1ccc(Cl)cc1Br)C(=O)NCc1ccccc1Cn1cncn1. The molecule has 1 amide bonds. The highest BCUT2D eigenvalue weighted by Gasteiger charge is 2.16. The van der Waals surface area contributed by atoms with Crippen LogP contribution in [0.15, 0.2) is 59.6 Å².